The predicted molar refractivity (Wildman–Crippen MR) is 147 cm³/mol. The van der Waals surface area contributed by atoms with Gasteiger partial charge in [0.1, 0.15) is 24.9 Å². The van der Waals surface area contributed by atoms with Gasteiger partial charge in [0.25, 0.3) is 0 Å². The van der Waals surface area contributed by atoms with Crippen LogP contribution in [0.1, 0.15) is 25.7 Å². The van der Waals surface area contributed by atoms with Gasteiger partial charge in [-0.2, -0.15) is 16.1 Å². The molecule has 0 aromatic carbocycles. The standard InChI is InChI=1S/C21H38N4O15P2S/c1-25(17(30)5-3-2-4-15-18-12(11-43-15)23-21(33)24-18)8-16(29)22-6-7-38-41(34,35)40-42(36,37)39-10-14(28)20(32)19(31)13(27)9-26/h12,14-15,18-20,26,28,31-32H,2-11H2,1H3,(H,22,29)(H,34,35)(H,36,37)(H2,23,24,33)/t12-,14+,15-,18-,19+,20+/m0/s1. The molecule has 0 aromatic rings. The molecule has 0 saturated carbocycles. The maximum atomic E-state index is 12.3. The van der Waals surface area contributed by atoms with Crippen molar-refractivity contribution in [3.63, 3.8) is 0 Å². The summed E-state index contributed by atoms with van der Waals surface area (Å²) >= 11 is 1.78. The van der Waals surface area contributed by atoms with Crippen molar-refractivity contribution in [1.29, 1.82) is 0 Å². The molecule has 2 heterocycles. The number of hydrogen-bond donors (Lipinski definition) is 9. The summed E-state index contributed by atoms with van der Waals surface area (Å²) in [7, 11) is -9.17. The van der Waals surface area contributed by atoms with E-state index in [4.69, 9.17) is 5.11 Å². The second-order valence-corrected chi connectivity index (χ2v) is 14.1. The molecule has 4 amide bonds. The van der Waals surface area contributed by atoms with Crippen molar-refractivity contribution < 1.29 is 71.9 Å². The summed E-state index contributed by atoms with van der Waals surface area (Å²) in [5.41, 5.74) is 0. The molecule has 0 bridgehead atoms. The van der Waals surface area contributed by atoms with Crippen molar-refractivity contribution in [3.8, 4) is 0 Å². The van der Waals surface area contributed by atoms with E-state index in [2.05, 4.69) is 29.3 Å². The number of carbonyl (C=O) groups is 4. The number of likely N-dealkylation sites (N-methyl/N-ethyl adjacent to an activating group) is 1. The number of urea groups is 1. The SMILES string of the molecule is CN(CC(=O)NCCOP(=O)(O)OP(=O)(O)OC[C@@H](O)[C@@H](O)[C@H](O)C(=O)CO)C(=O)CCCC[C@@H]1SC[C@@H]2NC(=O)N[C@@H]21. The van der Waals surface area contributed by atoms with E-state index < -0.39 is 65.5 Å². The Kier molecular flexibility index (Phi) is 15.0. The van der Waals surface area contributed by atoms with Crippen LogP contribution < -0.4 is 16.0 Å². The highest BCUT2D eigenvalue weighted by molar-refractivity contribution is 8.00. The molecule has 2 aliphatic rings. The van der Waals surface area contributed by atoms with Crippen LogP contribution in [-0.4, -0.2) is 140 Å². The monoisotopic (exact) mass is 680 g/mol. The number of carbonyl (C=O) groups excluding carboxylic acids is 4. The van der Waals surface area contributed by atoms with Crippen molar-refractivity contribution in [1.82, 2.24) is 20.9 Å². The van der Waals surface area contributed by atoms with E-state index in [-0.39, 0.29) is 48.8 Å². The second-order valence-electron chi connectivity index (χ2n) is 9.74. The van der Waals surface area contributed by atoms with Gasteiger partial charge in [0.15, 0.2) is 5.78 Å². The van der Waals surface area contributed by atoms with Gasteiger partial charge >= 0.3 is 21.7 Å². The predicted octanol–water partition coefficient (Wildman–Crippen LogP) is -2.82. The van der Waals surface area contributed by atoms with Gasteiger partial charge in [-0.1, -0.05) is 6.42 Å². The summed E-state index contributed by atoms with van der Waals surface area (Å²) in [6.45, 7) is -3.70. The minimum absolute atomic E-state index is 0.0865. The number of phosphoric ester groups is 2. The van der Waals surface area contributed by atoms with Crippen LogP contribution in [0.25, 0.3) is 0 Å². The van der Waals surface area contributed by atoms with E-state index in [1.165, 1.54) is 11.9 Å². The maximum Gasteiger partial charge on any atom is 0.481 e. The smallest absolute Gasteiger partial charge is 0.388 e. The van der Waals surface area contributed by atoms with Crippen LogP contribution in [0.4, 0.5) is 4.79 Å². The van der Waals surface area contributed by atoms with Crippen molar-refractivity contribution in [2.75, 3.05) is 45.7 Å². The molecule has 8 atom stereocenters. The quantitative estimate of drug-likeness (QED) is 0.0356. The van der Waals surface area contributed by atoms with Gasteiger partial charge in [-0.15, -0.1) is 0 Å². The van der Waals surface area contributed by atoms with E-state index in [1.807, 2.05) is 0 Å². The third-order valence-electron chi connectivity index (χ3n) is 6.37. The Hall–Kier alpha value is -1.67. The molecule has 22 heteroatoms. The highest BCUT2D eigenvalue weighted by Crippen LogP contribution is 2.60. The molecule has 2 saturated heterocycles. The summed E-state index contributed by atoms with van der Waals surface area (Å²) in [5.74, 6) is -1.29. The third kappa shape index (κ3) is 12.7. The van der Waals surface area contributed by atoms with Crippen LogP contribution in [0, 0.1) is 0 Å². The number of unbranched alkanes of at least 4 members (excludes halogenated alkanes) is 1. The molecule has 2 aliphatic heterocycles. The fraction of sp³-hybridized carbons (Fsp3) is 0.810. The van der Waals surface area contributed by atoms with Gasteiger partial charge in [0, 0.05) is 31.0 Å². The van der Waals surface area contributed by atoms with E-state index in [0.29, 0.717) is 6.42 Å². The Bertz CT molecular complexity index is 1090. The van der Waals surface area contributed by atoms with Gasteiger partial charge in [-0.25, -0.2) is 13.9 Å². The minimum atomic E-state index is -5.37. The Balaban J connectivity index is 1.60. The molecular formula is C21H38N4O15P2S. The summed E-state index contributed by atoms with van der Waals surface area (Å²) in [5, 5.41) is 45.7. The topological polar surface area (TPSA) is 291 Å². The minimum Gasteiger partial charge on any atom is -0.388 e. The highest BCUT2D eigenvalue weighted by atomic mass is 32.2. The van der Waals surface area contributed by atoms with Gasteiger partial charge < -0.3 is 51.1 Å². The van der Waals surface area contributed by atoms with Crippen molar-refractivity contribution in [2.24, 2.45) is 0 Å². The second kappa shape index (κ2) is 17.1. The zero-order valence-corrected chi connectivity index (χ0v) is 25.7. The van der Waals surface area contributed by atoms with Gasteiger partial charge in [0.2, 0.25) is 11.8 Å². The van der Waals surface area contributed by atoms with Gasteiger partial charge in [-0.3, -0.25) is 23.4 Å². The molecule has 0 radical (unpaired) electrons. The van der Waals surface area contributed by atoms with E-state index in [1.54, 1.807) is 11.8 Å². The number of nitrogens with one attached hydrogen (secondary N) is 3. The zero-order valence-electron chi connectivity index (χ0n) is 23.1. The number of ketones is 1. The van der Waals surface area contributed by atoms with Crippen LogP contribution in [0.2, 0.25) is 0 Å². The fourth-order valence-corrected chi connectivity index (χ4v) is 7.73. The molecular weight excluding hydrogens is 642 g/mol. The number of Topliss-reactive ketones (excluding diaryl/α,β-unsaturated/α-hetero) is 1. The lowest BCUT2D eigenvalue weighted by molar-refractivity contribution is -0.142. The number of thioether (sulfide) groups is 1. The summed E-state index contributed by atoms with van der Waals surface area (Å²) in [4.78, 5) is 67.4. The number of amides is 4. The molecule has 9 N–H and O–H groups in total. The molecule has 0 aliphatic carbocycles. The van der Waals surface area contributed by atoms with Crippen LogP contribution in [0.3, 0.4) is 0 Å². The summed E-state index contributed by atoms with van der Waals surface area (Å²) in [6.07, 6.45) is -4.17. The van der Waals surface area contributed by atoms with Crippen LogP contribution in [0.5, 0.6) is 0 Å². The average molecular weight is 681 g/mol. The van der Waals surface area contributed by atoms with Crippen LogP contribution in [0.15, 0.2) is 0 Å². The first-order valence-electron chi connectivity index (χ1n) is 13.1. The van der Waals surface area contributed by atoms with Crippen LogP contribution >= 0.6 is 27.4 Å². The molecule has 2 unspecified atom stereocenters. The fourth-order valence-electron chi connectivity index (χ4n) is 4.11. The molecule has 0 aromatic heterocycles. The van der Waals surface area contributed by atoms with Gasteiger partial charge in [0.05, 0.1) is 31.8 Å². The maximum absolute atomic E-state index is 12.3. The molecule has 0 spiro atoms. The van der Waals surface area contributed by atoms with Crippen molar-refractivity contribution in [2.45, 2.75) is 61.3 Å². The molecule has 43 heavy (non-hydrogen) atoms. The normalized spacial score (nSPS) is 24.4. The first-order chi connectivity index (χ1) is 20.0. The lowest BCUT2D eigenvalue weighted by Gasteiger charge is -2.22. The Morgan fingerprint density at radius 2 is 1.79 bits per heavy atom. The lowest BCUT2D eigenvalue weighted by Crippen LogP contribution is -2.45. The molecule has 2 fully saturated rings. The first-order valence-corrected chi connectivity index (χ1v) is 17.1. The van der Waals surface area contributed by atoms with E-state index in [9.17, 15) is 53.4 Å². The van der Waals surface area contributed by atoms with Gasteiger partial charge in [-0.05, 0) is 12.8 Å². The van der Waals surface area contributed by atoms with Crippen molar-refractivity contribution >= 4 is 51.0 Å². The highest BCUT2D eigenvalue weighted by Gasteiger charge is 2.42. The number of phosphoric acid groups is 2. The van der Waals surface area contributed by atoms with E-state index >= 15 is 0 Å². The number of aliphatic hydroxyl groups is 4. The Morgan fingerprint density at radius 1 is 1.12 bits per heavy atom. The van der Waals surface area contributed by atoms with E-state index in [0.717, 1.165) is 18.6 Å². The molecule has 19 nitrogen and oxygen atoms in total. The molecule has 2 rings (SSSR count). The van der Waals surface area contributed by atoms with Crippen molar-refractivity contribution in [3.05, 3.63) is 0 Å². The number of hydrogen-bond acceptors (Lipinski definition) is 14. The summed E-state index contributed by atoms with van der Waals surface area (Å²) < 4.78 is 36.5. The molecule has 248 valence electrons. The Morgan fingerprint density at radius 3 is 2.47 bits per heavy atom. The summed E-state index contributed by atoms with van der Waals surface area (Å²) in [6, 6.07) is 0.0533. The zero-order chi connectivity index (χ0) is 32.4. The lowest BCUT2D eigenvalue weighted by atomic mass is 10.0. The first kappa shape index (κ1) is 37.5. The van der Waals surface area contributed by atoms with Crippen LogP contribution in [-0.2, 0) is 36.9 Å². The number of aliphatic hydroxyl groups excluding tert-OH is 4. The number of rotatable bonds is 20. The third-order valence-corrected chi connectivity index (χ3v) is 10.5. The average Bonchev–Trinajstić information content (AvgIpc) is 3.49. The number of nitrogens with zero attached hydrogens (tertiary/aromatic N) is 1. The largest absolute Gasteiger partial charge is 0.481 e. The Labute approximate surface area is 250 Å². The number of fused-ring (bicyclic) bond motifs is 1.